The molecule has 6 heteroatoms. The lowest BCUT2D eigenvalue weighted by molar-refractivity contribution is 0.0127. The average Bonchev–Trinajstić information content (AvgIpc) is 2.39. The van der Waals surface area contributed by atoms with Crippen molar-refractivity contribution in [3.05, 3.63) is 0 Å². The van der Waals surface area contributed by atoms with E-state index in [9.17, 15) is 5.11 Å². The third-order valence-corrected chi connectivity index (χ3v) is 3.48. The van der Waals surface area contributed by atoms with E-state index < -0.39 is 6.10 Å². The molecule has 0 aliphatic carbocycles. The first-order valence-corrected chi connectivity index (χ1v) is 6.97. The molecule has 1 heterocycles. The van der Waals surface area contributed by atoms with Gasteiger partial charge in [-0.3, -0.25) is 4.90 Å². The third kappa shape index (κ3) is 7.20. The predicted octanol–water partition coefficient (Wildman–Crippen LogP) is -1.15. The molecule has 0 spiro atoms. The van der Waals surface area contributed by atoms with Crippen molar-refractivity contribution >= 4 is 0 Å². The number of piperazine rings is 1. The third-order valence-electron chi connectivity index (χ3n) is 3.48. The minimum atomic E-state index is -0.455. The molecule has 2 unspecified atom stereocenters. The summed E-state index contributed by atoms with van der Waals surface area (Å²) in [4.78, 5) is 4.71. The van der Waals surface area contributed by atoms with Gasteiger partial charge >= 0.3 is 0 Å². The summed E-state index contributed by atoms with van der Waals surface area (Å²) in [5.74, 6) is 0. The summed E-state index contributed by atoms with van der Waals surface area (Å²) in [5, 5.41) is 13.1. The van der Waals surface area contributed by atoms with E-state index in [1.54, 1.807) is 7.11 Å². The van der Waals surface area contributed by atoms with Crippen molar-refractivity contribution in [1.29, 1.82) is 0 Å². The zero-order valence-corrected chi connectivity index (χ0v) is 12.5. The van der Waals surface area contributed by atoms with Gasteiger partial charge in [0, 0.05) is 45.9 Å². The maximum absolute atomic E-state index is 9.74. The minimum Gasteiger partial charge on any atom is -0.389 e. The van der Waals surface area contributed by atoms with E-state index in [0.717, 1.165) is 26.2 Å². The lowest BCUT2D eigenvalue weighted by Gasteiger charge is -2.37. The lowest BCUT2D eigenvalue weighted by atomic mass is 10.2. The zero-order valence-electron chi connectivity index (χ0n) is 12.5. The molecule has 1 aliphatic rings. The molecular formula is C13H29N3O3. The summed E-state index contributed by atoms with van der Waals surface area (Å²) in [6.07, 6.45) is -0.455. The van der Waals surface area contributed by atoms with E-state index in [1.165, 1.54) is 0 Å². The van der Waals surface area contributed by atoms with Gasteiger partial charge in [-0.1, -0.05) is 0 Å². The van der Waals surface area contributed by atoms with Crippen LogP contribution in [0.15, 0.2) is 0 Å². The van der Waals surface area contributed by atoms with Gasteiger partial charge in [-0.25, -0.2) is 0 Å². The van der Waals surface area contributed by atoms with Crippen LogP contribution in [0.3, 0.4) is 0 Å². The topological polar surface area (TPSA) is 57.2 Å². The Morgan fingerprint density at radius 3 is 2.84 bits per heavy atom. The molecule has 1 fully saturated rings. The van der Waals surface area contributed by atoms with Gasteiger partial charge in [0.25, 0.3) is 0 Å². The van der Waals surface area contributed by atoms with Gasteiger partial charge in [0.1, 0.15) is 0 Å². The van der Waals surface area contributed by atoms with E-state index in [-0.39, 0.29) is 0 Å². The molecule has 1 rings (SSSR count). The van der Waals surface area contributed by atoms with Crippen molar-refractivity contribution in [1.82, 2.24) is 15.1 Å². The number of methoxy groups -OCH3 is 1. The molecule has 19 heavy (non-hydrogen) atoms. The van der Waals surface area contributed by atoms with Crippen LogP contribution < -0.4 is 5.32 Å². The van der Waals surface area contributed by atoms with Crippen molar-refractivity contribution in [2.45, 2.75) is 12.1 Å². The van der Waals surface area contributed by atoms with Gasteiger partial charge < -0.3 is 24.8 Å². The maximum atomic E-state index is 9.74. The van der Waals surface area contributed by atoms with E-state index in [1.807, 2.05) is 0 Å². The summed E-state index contributed by atoms with van der Waals surface area (Å²) in [7, 11) is 5.95. The van der Waals surface area contributed by atoms with E-state index in [2.05, 4.69) is 29.2 Å². The molecule has 2 atom stereocenters. The minimum absolute atomic E-state index is 0.358. The van der Waals surface area contributed by atoms with Crippen LogP contribution in [-0.4, -0.2) is 101 Å². The van der Waals surface area contributed by atoms with Crippen LogP contribution in [-0.2, 0) is 9.47 Å². The van der Waals surface area contributed by atoms with Gasteiger partial charge in [-0.05, 0) is 14.1 Å². The molecule has 0 amide bonds. The van der Waals surface area contributed by atoms with Gasteiger partial charge in [-0.2, -0.15) is 0 Å². The van der Waals surface area contributed by atoms with Gasteiger partial charge in [0.15, 0.2) is 0 Å². The molecule has 0 saturated carbocycles. The number of nitrogens with zero attached hydrogens (tertiary/aromatic N) is 2. The number of hydrogen-bond acceptors (Lipinski definition) is 6. The Morgan fingerprint density at radius 1 is 1.32 bits per heavy atom. The van der Waals surface area contributed by atoms with Crippen LogP contribution in [0.4, 0.5) is 0 Å². The van der Waals surface area contributed by atoms with Gasteiger partial charge in [-0.15, -0.1) is 0 Å². The normalized spacial score (nSPS) is 23.7. The van der Waals surface area contributed by atoms with E-state index in [4.69, 9.17) is 9.47 Å². The molecular weight excluding hydrogens is 246 g/mol. The van der Waals surface area contributed by atoms with Crippen molar-refractivity contribution < 1.29 is 14.6 Å². The first-order valence-electron chi connectivity index (χ1n) is 6.97. The Bertz CT molecular complexity index is 231. The molecule has 1 saturated heterocycles. The number of ether oxygens (including phenoxy) is 2. The van der Waals surface area contributed by atoms with E-state index >= 15 is 0 Å². The van der Waals surface area contributed by atoms with Crippen molar-refractivity contribution in [2.75, 3.05) is 73.7 Å². The van der Waals surface area contributed by atoms with Crippen molar-refractivity contribution in [2.24, 2.45) is 0 Å². The second kappa shape index (κ2) is 9.63. The Kier molecular flexibility index (Phi) is 8.52. The largest absolute Gasteiger partial charge is 0.389 e. The smallest absolute Gasteiger partial charge is 0.0897 e. The number of likely N-dealkylation sites (N-methyl/N-ethyl adjacent to an activating group) is 2. The van der Waals surface area contributed by atoms with Crippen molar-refractivity contribution in [3.8, 4) is 0 Å². The summed E-state index contributed by atoms with van der Waals surface area (Å²) in [5.41, 5.74) is 0. The Balaban J connectivity index is 2.05. The van der Waals surface area contributed by atoms with E-state index in [0.29, 0.717) is 32.4 Å². The van der Waals surface area contributed by atoms with Crippen LogP contribution >= 0.6 is 0 Å². The molecule has 2 N–H and O–H groups in total. The monoisotopic (exact) mass is 275 g/mol. The number of rotatable bonds is 9. The fourth-order valence-corrected chi connectivity index (χ4v) is 2.16. The second-order valence-corrected chi connectivity index (χ2v) is 5.28. The summed E-state index contributed by atoms with van der Waals surface area (Å²) >= 11 is 0. The summed E-state index contributed by atoms with van der Waals surface area (Å²) < 4.78 is 10.2. The lowest BCUT2D eigenvalue weighted by Crippen LogP contribution is -2.54. The Labute approximate surface area is 116 Å². The first kappa shape index (κ1) is 16.8. The summed E-state index contributed by atoms with van der Waals surface area (Å²) in [6.45, 7) is 6.23. The van der Waals surface area contributed by atoms with Crippen LogP contribution in [0.25, 0.3) is 0 Å². The first-order chi connectivity index (χ1) is 9.13. The molecule has 1 aliphatic heterocycles. The highest BCUT2D eigenvalue weighted by Crippen LogP contribution is 2.04. The molecule has 0 aromatic heterocycles. The highest BCUT2D eigenvalue weighted by molar-refractivity contribution is 4.80. The van der Waals surface area contributed by atoms with Crippen molar-refractivity contribution in [3.63, 3.8) is 0 Å². The SMILES string of the molecule is COCCOCC(O)CNCC1CN(C)CCN1C. The number of nitrogens with one attached hydrogen (secondary N) is 1. The average molecular weight is 275 g/mol. The summed E-state index contributed by atoms with van der Waals surface area (Å²) in [6, 6.07) is 0.514. The fourth-order valence-electron chi connectivity index (χ4n) is 2.16. The Hall–Kier alpha value is -0.240. The van der Waals surface area contributed by atoms with Gasteiger partial charge in [0.2, 0.25) is 0 Å². The zero-order chi connectivity index (χ0) is 14.1. The second-order valence-electron chi connectivity index (χ2n) is 5.28. The molecule has 0 bridgehead atoms. The highest BCUT2D eigenvalue weighted by atomic mass is 16.5. The van der Waals surface area contributed by atoms with Gasteiger partial charge in [0.05, 0.1) is 25.9 Å². The number of aliphatic hydroxyl groups excluding tert-OH is 1. The molecule has 0 aromatic carbocycles. The maximum Gasteiger partial charge on any atom is 0.0897 e. The Morgan fingerprint density at radius 2 is 2.11 bits per heavy atom. The number of aliphatic hydroxyl groups is 1. The fraction of sp³-hybridized carbons (Fsp3) is 1.00. The van der Waals surface area contributed by atoms with Crippen LogP contribution in [0.5, 0.6) is 0 Å². The molecule has 0 aromatic rings. The predicted molar refractivity (Wildman–Crippen MR) is 75.5 cm³/mol. The molecule has 6 nitrogen and oxygen atoms in total. The quantitative estimate of drug-likeness (QED) is 0.518. The van der Waals surface area contributed by atoms with Crippen LogP contribution in [0.1, 0.15) is 0 Å². The highest BCUT2D eigenvalue weighted by Gasteiger charge is 2.21. The standard InChI is InChI=1S/C13H29N3O3/c1-15-4-5-16(2)12(10-15)8-14-9-13(17)11-19-7-6-18-3/h12-14,17H,4-11H2,1-3H3. The van der Waals surface area contributed by atoms with Crippen LogP contribution in [0.2, 0.25) is 0 Å². The van der Waals surface area contributed by atoms with Crippen LogP contribution in [0, 0.1) is 0 Å². The number of hydrogen-bond donors (Lipinski definition) is 2. The molecule has 0 radical (unpaired) electrons. The molecule has 114 valence electrons.